The van der Waals surface area contributed by atoms with Gasteiger partial charge in [0, 0.05) is 19.0 Å². The Kier molecular flexibility index (Phi) is 8.60. The topological polar surface area (TPSA) is 105 Å². The molecule has 2 amide bonds. The molecule has 0 saturated heterocycles. The van der Waals surface area contributed by atoms with E-state index in [2.05, 4.69) is 36.2 Å². The van der Waals surface area contributed by atoms with Gasteiger partial charge in [-0.25, -0.2) is 4.79 Å². The Hall–Kier alpha value is -3.65. The number of carbonyl (C=O) groups is 3. The molecule has 0 atom stereocenters. The highest BCUT2D eigenvalue weighted by atomic mass is 16.5. The standard InChI is InChI=1S/C25H28N2O6/c1-2-13-27(16-24(29)30)23(28)11-14-32-15-12-26-25(31)33-17-22-20-9-5-3-7-18(20)19-8-4-6-10-21(19)22/h2-10,22H,1,11-17H2,(H,26,31)(H,29,30). The van der Waals surface area contributed by atoms with Crippen LogP contribution in [0, 0.1) is 0 Å². The maximum atomic E-state index is 12.1. The van der Waals surface area contributed by atoms with Crippen LogP contribution >= 0.6 is 0 Å². The van der Waals surface area contributed by atoms with E-state index in [-0.39, 0.29) is 57.7 Å². The molecule has 0 heterocycles. The van der Waals surface area contributed by atoms with Crippen LogP contribution in [-0.4, -0.2) is 67.4 Å². The summed E-state index contributed by atoms with van der Waals surface area (Å²) in [6.07, 6.45) is 0.988. The fourth-order valence-electron chi connectivity index (χ4n) is 3.87. The highest BCUT2D eigenvalue weighted by Gasteiger charge is 2.28. The van der Waals surface area contributed by atoms with Crippen LogP contribution in [0.2, 0.25) is 0 Å². The number of alkyl carbamates (subject to hydrolysis) is 1. The lowest BCUT2D eigenvalue weighted by molar-refractivity contribution is -0.144. The van der Waals surface area contributed by atoms with E-state index < -0.39 is 12.1 Å². The van der Waals surface area contributed by atoms with Gasteiger partial charge in [0.2, 0.25) is 5.91 Å². The molecule has 0 unspecified atom stereocenters. The average molecular weight is 453 g/mol. The molecule has 33 heavy (non-hydrogen) atoms. The zero-order valence-electron chi connectivity index (χ0n) is 18.4. The van der Waals surface area contributed by atoms with Crippen molar-refractivity contribution in [3.8, 4) is 11.1 Å². The number of nitrogens with one attached hydrogen (secondary N) is 1. The van der Waals surface area contributed by atoms with Gasteiger partial charge < -0.3 is 24.8 Å². The van der Waals surface area contributed by atoms with Crippen molar-refractivity contribution in [1.29, 1.82) is 0 Å². The first kappa shape index (κ1) is 24.0. The van der Waals surface area contributed by atoms with Gasteiger partial charge in [-0.05, 0) is 22.3 Å². The van der Waals surface area contributed by atoms with E-state index in [0.29, 0.717) is 0 Å². The van der Waals surface area contributed by atoms with E-state index in [1.54, 1.807) is 0 Å². The summed E-state index contributed by atoms with van der Waals surface area (Å²) in [7, 11) is 0. The van der Waals surface area contributed by atoms with E-state index in [4.69, 9.17) is 14.6 Å². The number of aliphatic carboxylic acids is 1. The SMILES string of the molecule is C=CCN(CC(=O)O)C(=O)CCOCCNC(=O)OCC1c2ccccc2-c2ccccc21. The van der Waals surface area contributed by atoms with E-state index >= 15 is 0 Å². The molecular formula is C25H28N2O6. The lowest BCUT2D eigenvalue weighted by atomic mass is 9.98. The maximum Gasteiger partial charge on any atom is 0.407 e. The Bertz CT molecular complexity index is 960. The predicted molar refractivity (Wildman–Crippen MR) is 123 cm³/mol. The molecule has 174 valence electrons. The zero-order valence-corrected chi connectivity index (χ0v) is 18.4. The Balaban J connectivity index is 1.36. The van der Waals surface area contributed by atoms with Crippen molar-refractivity contribution in [3.63, 3.8) is 0 Å². The van der Waals surface area contributed by atoms with Gasteiger partial charge in [0.15, 0.2) is 0 Å². The summed E-state index contributed by atoms with van der Waals surface area (Å²) >= 11 is 0. The highest BCUT2D eigenvalue weighted by molar-refractivity contribution is 5.81. The van der Waals surface area contributed by atoms with Gasteiger partial charge in [0.25, 0.3) is 0 Å². The summed E-state index contributed by atoms with van der Waals surface area (Å²) < 4.78 is 10.8. The summed E-state index contributed by atoms with van der Waals surface area (Å²) in [5, 5.41) is 11.5. The Morgan fingerprint density at radius 2 is 1.67 bits per heavy atom. The number of hydrogen-bond acceptors (Lipinski definition) is 5. The van der Waals surface area contributed by atoms with Crippen LogP contribution in [0.4, 0.5) is 4.79 Å². The van der Waals surface area contributed by atoms with Crippen LogP contribution in [-0.2, 0) is 19.1 Å². The van der Waals surface area contributed by atoms with Gasteiger partial charge in [-0.3, -0.25) is 9.59 Å². The summed E-state index contributed by atoms with van der Waals surface area (Å²) in [6.45, 7) is 4.10. The Morgan fingerprint density at radius 3 is 2.27 bits per heavy atom. The summed E-state index contributed by atoms with van der Waals surface area (Å²) in [5.41, 5.74) is 4.63. The molecule has 0 spiro atoms. The van der Waals surface area contributed by atoms with Crippen LogP contribution in [0.3, 0.4) is 0 Å². The lowest BCUT2D eigenvalue weighted by Gasteiger charge is -2.18. The highest BCUT2D eigenvalue weighted by Crippen LogP contribution is 2.44. The van der Waals surface area contributed by atoms with Gasteiger partial charge >= 0.3 is 12.1 Å². The van der Waals surface area contributed by atoms with E-state index in [1.807, 2.05) is 24.3 Å². The number of rotatable bonds is 12. The summed E-state index contributed by atoms with van der Waals surface area (Å²) in [4.78, 5) is 36.2. The molecule has 0 aromatic heterocycles. The first-order valence-corrected chi connectivity index (χ1v) is 10.8. The molecular weight excluding hydrogens is 424 g/mol. The van der Waals surface area contributed by atoms with Crippen LogP contribution in [0.15, 0.2) is 61.2 Å². The third kappa shape index (κ3) is 6.43. The second-order valence-electron chi connectivity index (χ2n) is 7.57. The molecule has 0 radical (unpaired) electrons. The number of carbonyl (C=O) groups excluding carboxylic acids is 2. The number of hydrogen-bond donors (Lipinski definition) is 2. The molecule has 0 aliphatic heterocycles. The molecule has 2 N–H and O–H groups in total. The van der Waals surface area contributed by atoms with Crippen LogP contribution in [0.1, 0.15) is 23.5 Å². The van der Waals surface area contributed by atoms with E-state index in [1.165, 1.54) is 22.1 Å². The number of amides is 2. The molecule has 0 bridgehead atoms. The van der Waals surface area contributed by atoms with Gasteiger partial charge in [-0.2, -0.15) is 0 Å². The molecule has 1 aliphatic rings. The van der Waals surface area contributed by atoms with Gasteiger partial charge in [0.1, 0.15) is 13.2 Å². The van der Waals surface area contributed by atoms with E-state index in [9.17, 15) is 14.4 Å². The molecule has 2 aromatic rings. The van der Waals surface area contributed by atoms with Gasteiger partial charge in [-0.15, -0.1) is 6.58 Å². The molecule has 3 rings (SSSR count). The van der Waals surface area contributed by atoms with Crippen LogP contribution in [0.5, 0.6) is 0 Å². The largest absolute Gasteiger partial charge is 0.480 e. The summed E-state index contributed by atoms with van der Waals surface area (Å²) in [6, 6.07) is 16.2. The van der Waals surface area contributed by atoms with E-state index in [0.717, 1.165) is 11.1 Å². The van der Waals surface area contributed by atoms with Gasteiger partial charge in [-0.1, -0.05) is 54.6 Å². The lowest BCUT2D eigenvalue weighted by Crippen LogP contribution is -2.36. The molecule has 0 saturated carbocycles. The first-order chi connectivity index (χ1) is 16.0. The third-order valence-corrected chi connectivity index (χ3v) is 5.35. The van der Waals surface area contributed by atoms with Crippen molar-refractivity contribution in [2.45, 2.75) is 12.3 Å². The maximum absolute atomic E-state index is 12.1. The molecule has 8 heteroatoms. The molecule has 2 aromatic carbocycles. The monoisotopic (exact) mass is 452 g/mol. The predicted octanol–water partition coefficient (Wildman–Crippen LogP) is 3.03. The van der Waals surface area contributed by atoms with Crippen LogP contribution < -0.4 is 5.32 Å². The van der Waals surface area contributed by atoms with Crippen LogP contribution in [0.25, 0.3) is 11.1 Å². The Labute approximate surface area is 192 Å². The minimum atomic E-state index is -1.08. The fourth-order valence-corrected chi connectivity index (χ4v) is 3.87. The molecule has 8 nitrogen and oxygen atoms in total. The number of fused-ring (bicyclic) bond motifs is 3. The van der Waals surface area contributed by atoms with Gasteiger partial charge in [0.05, 0.1) is 19.6 Å². The smallest absolute Gasteiger partial charge is 0.407 e. The number of nitrogens with zero attached hydrogens (tertiary/aromatic N) is 1. The van der Waals surface area contributed by atoms with Crippen molar-refractivity contribution in [2.24, 2.45) is 0 Å². The normalized spacial score (nSPS) is 11.9. The Morgan fingerprint density at radius 1 is 1.03 bits per heavy atom. The second kappa shape index (κ2) is 11.8. The zero-order chi connectivity index (χ0) is 23.6. The minimum absolute atomic E-state index is 0.00488. The van der Waals surface area contributed by atoms with Crippen molar-refractivity contribution in [2.75, 3.05) is 39.5 Å². The quantitative estimate of drug-likeness (QED) is 0.379. The molecule has 0 fully saturated rings. The average Bonchev–Trinajstić information content (AvgIpc) is 3.13. The van der Waals surface area contributed by atoms with Crippen molar-refractivity contribution in [3.05, 3.63) is 72.3 Å². The first-order valence-electron chi connectivity index (χ1n) is 10.8. The fraction of sp³-hybridized carbons (Fsp3) is 0.320. The molecule has 1 aliphatic carbocycles. The van der Waals surface area contributed by atoms with Crippen molar-refractivity contribution < 1.29 is 29.0 Å². The minimum Gasteiger partial charge on any atom is -0.480 e. The number of carboxylic acid groups (broad SMARTS) is 1. The second-order valence-corrected chi connectivity index (χ2v) is 7.57. The number of ether oxygens (including phenoxy) is 2. The number of carboxylic acids is 1. The third-order valence-electron chi connectivity index (χ3n) is 5.35. The van der Waals surface area contributed by atoms with Crippen molar-refractivity contribution in [1.82, 2.24) is 10.2 Å². The number of benzene rings is 2. The summed E-state index contributed by atoms with van der Waals surface area (Å²) in [5.74, 6) is -1.42. The van der Waals surface area contributed by atoms with Crippen molar-refractivity contribution >= 4 is 18.0 Å².